The molecule has 2 heterocycles. The average Bonchev–Trinajstić information content (AvgIpc) is 3.10. The lowest BCUT2D eigenvalue weighted by atomic mass is 9.88. The molecule has 1 aromatic rings. The normalized spacial score (nSPS) is 25.7. The largest absolute Gasteiger partial charge is 0.497 e. The van der Waals surface area contributed by atoms with E-state index in [4.69, 9.17) is 14.2 Å². The van der Waals surface area contributed by atoms with Gasteiger partial charge in [0.25, 0.3) is 5.91 Å². The first-order chi connectivity index (χ1) is 12.4. The molecule has 2 saturated heterocycles. The number of anilines is 1. The molecule has 1 spiro atoms. The summed E-state index contributed by atoms with van der Waals surface area (Å²) in [6, 6.07) is 4.58. The smallest absolute Gasteiger partial charge is 0.272 e. The Morgan fingerprint density at radius 3 is 2.58 bits per heavy atom. The van der Waals surface area contributed by atoms with E-state index in [9.17, 15) is 9.59 Å². The van der Waals surface area contributed by atoms with Crippen LogP contribution in [0.3, 0.4) is 0 Å². The highest BCUT2D eigenvalue weighted by Crippen LogP contribution is 2.45. The van der Waals surface area contributed by atoms with Crippen LogP contribution in [0.5, 0.6) is 11.5 Å². The van der Waals surface area contributed by atoms with Crippen LogP contribution >= 0.6 is 0 Å². The fraction of sp³-hybridized carbons (Fsp3) is 0.500. The SMILES string of the molecule is C=C1CCO[C@]12C(=O)[C@H](CC(C)C)N(c1ccc(OC)cc1OC)C2=O. The zero-order valence-corrected chi connectivity index (χ0v) is 15.7. The Labute approximate surface area is 153 Å². The van der Waals surface area contributed by atoms with Crippen LogP contribution in [0.25, 0.3) is 0 Å². The van der Waals surface area contributed by atoms with Crippen LogP contribution in [-0.2, 0) is 14.3 Å². The van der Waals surface area contributed by atoms with Gasteiger partial charge in [-0.25, -0.2) is 0 Å². The molecule has 0 unspecified atom stereocenters. The van der Waals surface area contributed by atoms with Crippen molar-refractivity contribution in [3.8, 4) is 11.5 Å². The molecular weight excluding hydrogens is 334 g/mol. The van der Waals surface area contributed by atoms with Gasteiger partial charge in [-0.05, 0) is 36.5 Å². The van der Waals surface area contributed by atoms with Crippen molar-refractivity contribution in [2.24, 2.45) is 5.92 Å². The Hall–Kier alpha value is -2.34. The maximum atomic E-state index is 13.4. The first kappa shape index (κ1) is 18.5. The van der Waals surface area contributed by atoms with Gasteiger partial charge in [-0.2, -0.15) is 0 Å². The molecule has 0 radical (unpaired) electrons. The van der Waals surface area contributed by atoms with Crippen molar-refractivity contribution >= 4 is 17.4 Å². The summed E-state index contributed by atoms with van der Waals surface area (Å²) in [5, 5.41) is 0. The minimum absolute atomic E-state index is 0.225. The second-order valence-electron chi connectivity index (χ2n) is 7.11. The summed E-state index contributed by atoms with van der Waals surface area (Å²) in [6.45, 7) is 8.34. The van der Waals surface area contributed by atoms with Crippen LogP contribution in [-0.4, -0.2) is 44.2 Å². The molecule has 0 aromatic heterocycles. The maximum absolute atomic E-state index is 13.4. The van der Waals surface area contributed by atoms with Gasteiger partial charge in [0.1, 0.15) is 11.5 Å². The number of nitrogens with zero attached hydrogens (tertiary/aromatic N) is 1. The van der Waals surface area contributed by atoms with Gasteiger partial charge in [0.15, 0.2) is 0 Å². The summed E-state index contributed by atoms with van der Waals surface area (Å²) in [6.07, 6.45) is 1.05. The number of benzene rings is 1. The third kappa shape index (κ3) is 2.60. The second kappa shape index (κ2) is 6.76. The van der Waals surface area contributed by atoms with Crippen molar-refractivity contribution in [2.75, 3.05) is 25.7 Å². The first-order valence-corrected chi connectivity index (χ1v) is 8.79. The molecular formula is C20H25NO5. The number of ether oxygens (including phenoxy) is 3. The molecule has 1 amide bonds. The van der Waals surface area contributed by atoms with Gasteiger partial charge >= 0.3 is 0 Å². The highest BCUT2D eigenvalue weighted by molar-refractivity contribution is 6.28. The van der Waals surface area contributed by atoms with E-state index in [2.05, 4.69) is 6.58 Å². The molecule has 6 heteroatoms. The van der Waals surface area contributed by atoms with Gasteiger partial charge < -0.3 is 14.2 Å². The molecule has 1 aromatic carbocycles. The minimum atomic E-state index is -1.55. The Balaban J connectivity index is 2.13. The van der Waals surface area contributed by atoms with E-state index in [1.54, 1.807) is 25.3 Å². The number of hydrogen-bond acceptors (Lipinski definition) is 5. The summed E-state index contributed by atoms with van der Waals surface area (Å²) < 4.78 is 16.4. The third-order valence-electron chi connectivity index (χ3n) is 5.04. The summed E-state index contributed by atoms with van der Waals surface area (Å²) in [4.78, 5) is 28.2. The Morgan fingerprint density at radius 1 is 1.31 bits per heavy atom. The van der Waals surface area contributed by atoms with E-state index < -0.39 is 11.6 Å². The van der Waals surface area contributed by atoms with Crippen molar-refractivity contribution < 1.29 is 23.8 Å². The van der Waals surface area contributed by atoms with Crippen molar-refractivity contribution in [2.45, 2.75) is 38.3 Å². The van der Waals surface area contributed by atoms with E-state index in [0.717, 1.165) is 0 Å². The van der Waals surface area contributed by atoms with Crippen molar-refractivity contribution in [1.29, 1.82) is 0 Å². The van der Waals surface area contributed by atoms with E-state index in [1.165, 1.54) is 12.0 Å². The number of rotatable bonds is 5. The zero-order chi connectivity index (χ0) is 19.1. The molecule has 6 nitrogen and oxygen atoms in total. The maximum Gasteiger partial charge on any atom is 0.272 e. The molecule has 0 saturated carbocycles. The van der Waals surface area contributed by atoms with E-state index in [1.807, 2.05) is 13.8 Å². The van der Waals surface area contributed by atoms with Gasteiger partial charge in [0.05, 0.1) is 32.6 Å². The van der Waals surface area contributed by atoms with Crippen LogP contribution in [0.4, 0.5) is 5.69 Å². The number of Topliss-reactive ketones (excluding diaryl/α,β-unsaturated/α-hetero) is 1. The van der Waals surface area contributed by atoms with Crippen LogP contribution in [0.1, 0.15) is 26.7 Å². The number of methoxy groups -OCH3 is 2. The molecule has 2 fully saturated rings. The first-order valence-electron chi connectivity index (χ1n) is 8.79. The standard InChI is InChI=1S/C20H25NO5/c1-12(2)10-16-18(22)20(13(3)8-9-26-20)19(23)21(16)15-7-6-14(24-4)11-17(15)25-5/h6-7,11-12,16H,3,8-10H2,1-2,4-5H3/t16-,20-/m0/s1. The molecule has 0 aliphatic carbocycles. The molecule has 3 rings (SSSR count). The van der Waals surface area contributed by atoms with Gasteiger partial charge in [-0.1, -0.05) is 20.4 Å². The molecule has 26 heavy (non-hydrogen) atoms. The number of carbonyl (C=O) groups is 2. The molecule has 2 aliphatic heterocycles. The lowest BCUT2D eigenvalue weighted by Gasteiger charge is -2.26. The topological polar surface area (TPSA) is 65.1 Å². The summed E-state index contributed by atoms with van der Waals surface area (Å²) in [5.41, 5.74) is -0.474. The number of carbonyl (C=O) groups excluding carboxylic acids is 2. The zero-order valence-electron chi connectivity index (χ0n) is 15.7. The van der Waals surface area contributed by atoms with Crippen LogP contribution in [0.2, 0.25) is 0 Å². The second-order valence-corrected chi connectivity index (χ2v) is 7.11. The fourth-order valence-corrected chi connectivity index (χ4v) is 3.75. The Bertz CT molecular complexity index is 757. The van der Waals surface area contributed by atoms with Crippen LogP contribution in [0.15, 0.2) is 30.4 Å². The van der Waals surface area contributed by atoms with Crippen LogP contribution < -0.4 is 14.4 Å². The predicted octanol–water partition coefficient (Wildman–Crippen LogP) is 2.75. The van der Waals surface area contributed by atoms with Crippen molar-refractivity contribution in [1.82, 2.24) is 0 Å². The van der Waals surface area contributed by atoms with E-state index in [-0.39, 0.29) is 17.6 Å². The van der Waals surface area contributed by atoms with Gasteiger partial charge in [0, 0.05) is 6.07 Å². The number of amides is 1. The third-order valence-corrected chi connectivity index (χ3v) is 5.04. The Kier molecular flexibility index (Phi) is 4.80. The summed E-state index contributed by atoms with van der Waals surface area (Å²) in [7, 11) is 3.09. The van der Waals surface area contributed by atoms with Gasteiger partial charge in [-0.3, -0.25) is 14.5 Å². The van der Waals surface area contributed by atoms with E-state index >= 15 is 0 Å². The Morgan fingerprint density at radius 2 is 2.04 bits per heavy atom. The number of hydrogen-bond donors (Lipinski definition) is 0. The van der Waals surface area contributed by atoms with Crippen LogP contribution in [0, 0.1) is 5.92 Å². The fourth-order valence-electron chi connectivity index (χ4n) is 3.75. The highest BCUT2D eigenvalue weighted by atomic mass is 16.5. The summed E-state index contributed by atoms with van der Waals surface area (Å²) in [5.74, 6) is 0.712. The summed E-state index contributed by atoms with van der Waals surface area (Å²) >= 11 is 0. The van der Waals surface area contributed by atoms with Crippen molar-refractivity contribution in [3.63, 3.8) is 0 Å². The molecule has 140 valence electrons. The lowest BCUT2D eigenvalue weighted by molar-refractivity contribution is -0.143. The van der Waals surface area contributed by atoms with Gasteiger partial charge in [0.2, 0.25) is 11.4 Å². The van der Waals surface area contributed by atoms with Gasteiger partial charge in [-0.15, -0.1) is 0 Å². The molecule has 0 N–H and O–H groups in total. The van der Waals surface area contributed by atoms with E-state index in [0.29, 0.717) is 42.2 Å². The molecule has 2 atom stereocenters. The average molecular weight is 359 g/mol. The highest BCUT2D eigenvalue weighted by Gasteiger charge is 2.64. The number of ketones is 1. The lowest BCUT2D eigenvalue weighted by Crippen LogP contribution is -2.44. The minimum Gasteiger partial charge on any atom is -0.497 e. The molecule has 0 bridgehead atoms. The predicted molar refractivity (Wildman–Crippen MR) is 97.7 cm³/mol. The van der Waals surface area contributed by atoms with Crippen molar-refractivity contribution in [3.05, 3.63) is 30.4 Å². The quantitative estimate of drug-likeness (QED) is 0.597. The molecule has 2 aliphatic rings. The monoisotopic (exact) mass is 359 g/mol.